The minimum atomic E-state index is -5.27. The second-order valence-corrected chi connectivity index (χ2v) is 20.4. The molecule has 2 aliphatic heterocycles. The van der Waals surface area contributed by atoms with Gasteiger partial charge in [0.05, 0.1) is 30.4 Å². The van der Waals surface area contributed by atoms with E-state index in [4.69, 9.17) is 9.47 Å². The summed E-state index contributed by atoms with van der Waals surface area (Å²) < 4.78 is 161. The summed E-state index contributed by atoms with van der Waals surface area (Å²) >= 11 is 0. The first kappa shape index (κ1) is 63.0. The molecule has 4 amide bonds. The molecule has 2 aromatic carbocycles. The summed E-state index contributed by atoms with van der Waals surface area (Å²) in [4.78, 5) is 62.1. The Bertz CT molecular complexity index is 2840. The van der Waals surface area contributed by atoms with Crippen molar-refractivity contribution >= 4 is 29.8 Å². The number of halogens is 10. The van der Waals surface area contributed by atoms with E-state index in [1.54, 1.807) is 6.20 Å². The minimum absolute atomic E-state index is 0.197. The first-order chi connectivity index (χ1) is 38.0. The number of carbonyl (C=O) groups excluding carboxylic acids is 4. The van der Waals surface area contributed by atoms with Gasteiger partial charge in [0.15, 0.2) is 6.10 Å². The number of amides is 4. The van der Waals surface area contributed by atoms with Gasteiger partial charge in [-0.25, -0.2) is 33.0 Å². The van der Waals surface area contributed by atoms with E-state index in [1.165, 1.54) is 24.3 Å². The van der Waals surface area contributed by atoms with Crippen LogP contribution in [-0.4, -0.2) is 157 Å². The number of benzene rings is 2. The first-order valence-corrected chi connectivity index (χ1v) is 25.4. The van der Waals surface area contributed by atoms with E-state index in [0.29, 0.717) is 62.0 Å². The predicted octanol–water partition coefficient (Wildman–Crippen LogP) is 6.87. The number of pyridine rings is 1. The molecule has 81 heavy (non-hydrogen) atoms. The Morgan fingerprint density at radius 2 is 1.43 bits per heavy atom. The summed E-state index contributed by atoms with van der Waals surface area (Å²) in [5, 5.41) is 22.2. The molecule has 2 aromatic heterocycles. The molecule has 6 rings (SSSR count). The number of ether oxygens (including phenoxy) is 3. The number of alkyl carbamates (subject to hydrolysis) is 2. The van der Waals surface area contributed by atoms with Crippen molar-refractivity contribution in [3.63, 3.8) is 0 Å². The topological polar surface area (TPSA) is 205 Å². The Hall–Kier alpha value is -7.22. The van der Waals surface area contributed by atoms with Crippen LogP contribution < -0.4 is 26.3 Å². The van der Waals surface area contributed by atoms with E-state index < -0.39 is 115 Å². The lowest BCUT2D eigenvalue weighted by molar-refractivity contribution is -0.239. The average Bonchev–Trinajstić information content (AvgIpc) is 4.00. The highest BCUT2D eigenvalue weighted by Crippen LogP contribution is 2.43. The molecule has 5 N–H and O–H groups in total. The summed E-state index contributed by atoms with van der Waals surface area (Å²) in [5.74, 6) is 0.645. The van der Waals surface area contributed by atoms with Crippen LogP contribution in [0.15, 0.2) is 67.0 Å². The lowest BCUT2D eigenvalue weighted by Gasteiger charge is -2.41. The standard InChI is InChI=1S/C53H62F10N10O8/c1-50(2,52(58,59)60)43(67-49(78)79-6)45(75)66-40(25-32-10-7-31(8-11-32)9-12-33-13-14-42(65-28-33)71-21-19-70(20-22-71)35-16-23-80-24-17-35)41(74)30-72(69-46(76)44(81-48(77)64-5)51(3,4)53(61,62)63)29-36-37(54)26-34(27-38(36)55)39-15-18-73(68-39)47(56)57/h7-8,10-11,13-15,18,26-28,35,40-41,43-44,47,74H,16-17,19-25,29-30H2,1-6H3,(H,64,77)(H,66,75)(H,67,78)(H,69,76)/t40-,41-,43+,44+/m0/s1. The zero-order valence-corrected chi connectivity index (χ0v) is 44.9. The quantitative estimate of drug-likeness (QED) is 0.0370. The fourth-order valence-corrected chi connectivity index (χ4v) is 8.85. The molecule has 18 nitrogen and oxygen atoms in total. The van der Waals surface area contributed by atoms with Gasteiger partial charge in [-0.05, 0) is 95.0 Å². The lowest BCUT2D eigenvalue weighted by Crippen LogP contribution is -2.62. The number of hydrogen-bond donors (Lipinski definition) is 5. The first-order valence-electron chi connectivity index (χ1n) is 25.4. The Morgan fingerprint density at radius 1 is 0.827 bits per heavy atom. The molecule has 2 saturated heterocycles. The number of carbonyl (C=O) groups is 4. The zero-order valence-electron chi connectivity index (χ0n) is 44.9. The maximum atomic E-state index is 16.0. The second kappa shape index (κ2) is 26.6. The number of nitrogens with one attached hydrogen (secondary N) is 4. The number of hydrazine groups is 1. The van der Waals surface area contributed by atoms with Crippen LogP contribution in [0.3, 0.4) is 0 Å². The molecule has 0 saturated carbocycles. The van der Waals surface area contributed by atoms with E-state index in [2.05, 4.69) is 41.8 Å². The third-order valence-corrected chi connectivity index (χ3v) is 14.1. The largest absolute Gasteiger partial charge is 0.453 e. The summed E-state index contributed by atoms with van der Waals surface area (Å²) in [7, 11) is 1.79. The number of methoxy groups -OCH3 is 1. The van der Waals surface area contributed by atoms with Gasteiger partial charge >= 0.3 is 31.1 Å². The van der Waals surface area contributed by atoms with Gasteiger partial charge < -0.3 is 40.2 Å². The van der Waals surface area contributed by atoms with Crippen LogP contribution in [0.2, 0.25) is 0 Å². The summed E-state index contributed by atoms with van der Waals surface area (Å²) in [6.45, 7) is 1.67. The van der Waals surface area contributed by atoms with Crippen LogP contribution in [0.25, 0.3) is 11.3 Å². The Labute approximate surface area is 459 Å². The Morgan fingerprint density at radius 3 is 1.98 bits per heavy atom. The van der Waals surface area contributed by atoms with Gasteiger partial charge in [-0.2, -0.15) is 40.2 Å². The molecule has 4 heterocycles. The summed E-state index contributed by atoms with van der Waals surface area (Å²) in [6, 6.07) is 8.32. The molecule has 0 aliphatic carbocycles. The van der Waals surface area contributed by atoms with Crippen LogP contribution in [0.5, 0.6) is 0 Å². The Kier molecular flexibility index (Phi) is 20.7. The van der Waals surface area contributed by atoms with Gasteiger partial charge in [-0.1, -0.05) is 24.0 Å². The number of anilines is 1. The third kappa shape index (κ3) is 16.0. The smallest absolute Gasteiger partial charge is 0.407 e. The van der Waals surface area contributed by atoms with Crippen molar-refractivity contribution in [1.29, 1.82) is 0 Å². The van der Waals surface area contributed by atoms with Crippen molar-refractivity contribution in [3.8, 4) is 23.1 Å². The predicted molar refractivity (Wildman–Crippen MR) is 272 cm³/mol. The number of piperazine rings is 1. The highest BCUT2D eigenvalue weighted by atomic mass is 19.4. The van der Waals surface area contributed by atoms with E-state index in [0.717, 1.165) is 84.5 Å². The minimum Gasteiger partial charge on any atom is -0.453 e. The SMILES string of the molecule is CNC(=O)O[C@H](C(=O)NN(Cc1c(F)cc(-c2ccn(C(F)F)n2)cc1F)C[C@H](O)[C@H](Cc1ccc(C#Cc2ccc(N3CCN(C4CCOCC4)CC3)nc2)cc1)NC(=O)[C@@H](NC(=O)OC)C(C)(C)C(F)(F)F)C(C)(C)C(F)(F)F. The third-order valence-electron chi connectivity index (χ3n) is 14.1. The normalized spacial score (nSPS) is 16.4. The molecule has 0 unspecified atom stereocenters. The molecule has 2 fully saturated rings. The zero-order chi connectivity index (χ0) is 59.6. The lowest BCUT2D eigenvalue weighted by atomic mass is 9.82. The van der Waals surface area contributed by atoms with Gasteiger partial charge in [0.25, 0.3) is 5.91 Å². The second-order valence-electron chi connectivity index (χ2n) is 20.4. The van der Waals surface area contributed by atoms with Crippen molar-refractivity contribution in [3.05, 3.63) is 101 Å². The summed E-state index contributed by atoms with van der Waals surface area (Å²) in [5.41, 5.74) is -4.56. The maximum Gasteiger partial charge on any atom is 0.407 e. The molecular weight excluding hydrogens is 1090 g/mol. The molecule has 4 atom stereocenters. The van der Waals surface area contributed by atoms with Crippen LogP contribution in [0.1, 0.15) is 69.3 Å². The molecule has 28 heteroatoms. The van der Waals surface area contributed by atoms with E-state index in [1.807, 2.05) is 28.2 Å². The van der Waals surface area contributed by atoms with Crippen molar-refractivity contribution in [2.45, 2.75) is 103 Å². The Balaban J connectivity index is 1.31. The fraction of sp³-hybridized carbons (Fsp3) is 0.509. The number of alkyl halides is 8. The van der Waals surface area contributed by atoms with Crippen molar-refractivity contribution in [2.75, 3.05) is 65.0 Å². The number of rotatable bonds is 19. The molecule has 4 aromatic rings. The van der Waals surface area contributed by atoms with Crippen LogP contribution >= 0.6 is 0 Å². The number of aromatic nitrogens is 3. The van der Waals surface area contributed by atoms with Crippen LogP contribution in [0, 0.1) is 34.3 Å². The molecular formula is C53H62F10N10O8. The van der Waals surface area contributed by atoms with E-state index in [-0.39, 0.29) is 21.5 Å². The van der Waals surface area contributed by atoms with Crippen LogP contribution in [-0.2, 0) is 36.8 Å². The van der Waals surface area contributed by atoms with E-state index >= 15 is 8.78 Å². The highest BCUT2D eigenvalue weighted by Gasteiger charge is 2.58. The molecule has 0 bridgehead atoms. The summed E-state index contributed by atoms with van der Waals surface area (Å²) in [6.07, 6.45) is -14.4. The van der Waals surface area contributed by atoms with Gasteiger partial charge in [0.1, 0.15) is 28.9 Å². The average molecular weight is 1160 g/mol. The molecule has 0 radical (unpaired) electrons. The van der Waals surface area contributed by atoms with Crippen LogP contribution in [0.4, 0.5) is 59.3 Å². The van der Waals surface area contributed by atoms with Crippen molar-refractivity contribution < 1.29 is 82.4 Å². The molecule has 442 valence electrons. The molecule has 2 aliphatic rings. The molecule has 0 spiro atoms. The van der Waals surface area contributed by atoms with Gasteiger partial charge in [-0.3, -0.25) is 19.9 Å². The van der Waals surface area contributed by atoms with Gasteiger partial charge in [0.2, 0.25) is 5.91 Å². The number of aliphatic hydroxyl groups is 1. The van der Waals surface area contributed by atoms with Crippen molar-refractivity contribution in [2.24, 2.45) is 10.8 Å². The van der Waals surface area contributed by atoms with E-state index in [9.17, 15) is 59.4 Å². The van der Waals surface area contributed by atoms with Gasteiger partial charge in [-0.15, -0.1) is 0 Å². The highest BCUT2D eigenvalue weighted by molar-refractivity contribution is 5.87. The maximum absolute atomic E-state index is 16.0. The fourth-order valence-electron chi connectivity index (χ4n) is 8.85. The number of hydrogen-bond acceptors (Lipinski definition) is 13. The monoisotopic (exact) mass is 1160 g/mol. The number of nitrogens with zero attached hydrogens (tertiary/aromatic N) is 6. The van der Waals surface area contributed by atoms with Crippen molar-refractivity contribution in [1.82, 2.24) is 46.0 Å². The van der Waals surface area contributed by atoms with Gasteiger partial charge in [0, 0.05) is 100 Å². The number of aliphatic hydroxyl groups excluding tert-OH is 1.